The molecule has 160 valence electrons. The van der Waals surface area contributed by atoms with Crippen molar-refractivity contribution in [3.63, 3.8) is 0 Å². The molecule has 0 saturated heterocycles. The van der Waals surface area contributed by atoms with Crippen LogP contribution in [0.25, 0.3) is 6.08 Å². The molecule has 0 amide bonds. The quantitative estimate of drug-likeness (QED) is 0.254. The van der Waals surface area contributed by atoms with Crippen molar-refractivity contribution in [1.29, 1.82) is 0 Å². The summed E-state index contributed by atoms with van der Waals surface area (Å²) < 4.78 is 20.8. The smallest absolute Gasteiger partial charge is 0.333 e. The van der Waals surface area contributed by atoms with Crippen LogP contribution < -0.4 is 9.47 Å². The maximum atomic E-state index is 11.2. The van der Waals surface area contributed by atoms with E-state index in [1.165, 1.54) is 13.2 Å². The molecule has 6 nitrogen and oxygen atoms in total. The SMILES string of the molecule is C=C(C)C(=O)OCCCCCCCCOc1ccc(/C=C/C(=O)OC)cc1OC. The van der Waals surface area contributed by atoms with Crippen LogP contribution in [0.15, 0.2) is 36.4 Å². The maximum Gasteiger partial charge on any atom is 0.333 e. The minimum atomic E-state index is -0.405. The Hall–Kier alpha value is -2.76. The molecule has 0 spiro atoms. The van der Waals surface area contributed by atoms with Crippen LogP contribution in [0.2, 0.25) is 0 Å². The predicted octanol–water partition coefficient (Wildman–Crippen LogP) is 4.72. The summed E-state index contributed by atoms with van der Waals surface area (Å²) in [6.45, 7) is 6.27. The van der Waals surface area contributed by atoms with E-state index in [1.54, 1.807) is 20.1 Å². The Kier molecular flexibility index (Phi) is 11.9. The molecule has 0 radical (unpaired) electrons. The lowest BCUT2D eigenvalue weighted by molar-refractivity contribution is -0.139. The number of rotatable bonds is 14. The van der Waals surface area contributed by atoms with Crippen molar-refractivity contribution in [2.24, 2.45) is 0 Å². The Labute approximate surface area is 173 Å². The second-order valence-electron chi connectivity index (χ2n) is 6.65. The topological polar surface area (TPSA) is 71.1 Å². The van der Waals surface area contributed by atoms with Gasteiger partial charge in [0, 0.05) is 11.6 Å². The van der Waals surface area contributed by atoms with Crippen LogP contribution in [0.1, 0.15) is 51.0 Å². The number of hydrogen-bond acceptors (Lipinski definition) is 6. The minimum absolute atomic E-state index is 0.315. The summed E-state index contributed by atoms with van der Waals surface area (Å²) in [5, 5.41) is 0. The first-order chi connectivity index (χ1) is 14.0. The van der Waals surface area contributed by atoms with E-state index in [0.29, 0.717) is 30.3 Å². The van der Waals surface area contributed by atoms with E-state index < -0.39 is 5.97 Å². The average Bonchev–Trinajstić information content (AvgIpc) is 2.73. The first-order valence-electron chi connectivity index (χ1n) is 9.87. The molecule has 1 aromatic rings. The summed E-state index contributed by atoms with van der Waals surface area (Å²) in [7, 11) is 2.93. The predicted molar refractivity (Wildman–Crippen MR) is 113 cm³/mol. The van der Waals surface area contributed by atoms with Crippen LogP contribution in [-0.4, -0.2) is 39.4 Å². The number of methoxy groups -OCH3 is 2. The average molecular weight is 405 g/mol. The van der Waals surface area contributed by atoms with Gasteiger partial charge in [-0.25, -0.2) is 9.59 Å². The van der Waals surface area contributed by atoms with Gasteiger partial charge in [-0.05, 0) is 43.5 Å². The second-order valence-corrected chi connectivity index (χ2v) is 6.65. The van der Waals surface area contributed by atoms with Crippen molar-refractivity contribution in [2.45, 2.75) is 45.4 Å². The summed E-state index contributed by atoms with van der Waals surface area (Å²) in [6.07, 6.45) is 9.20. The maximum absolute atomic E-state index is 11.2. The molecule has 0 unspecified atom stereocenters. The fraction of sp³-hybridized carbons (Fsp3) is 0.478. The normalized spacial score (nSPS) is 10.6. The molecule has 0 heterocycles. The zero-order valence-electron chi connectivity index (χ0n) is 17.7. The molecular formula is C23H32O6. The first-order valence-corrected chi connectivity index (χ1v) is 9.87. The number of esters is 2. The molecule has 0 aliphatic carbocycles. The van der Waals surface area contributed by atoms with Crippen LogP contribution in [0, 0.1) is 0 Å². The van der Waals surface area contributed by atoms with Gasteiger partial charge in [0.05, 0.1) is 27.4 Å². The van der Waals surface area contributed by atoms with Crippen molar-refractivity contribution in [2.75, 3.05) is 27.4 Å². The van der Waals surface area contributed by atoms with Crippen molar-refractivity contribution >= 4 is 18.0 Å². The fourth-order valence-corrected chi connectivity index (χ4v) is 2.52. The van der Waals surface area contributed by atoms with Gasteiger partial charge in [0.25, 0.3) is 0 Å². The van der Waals surface area contributed by atoms with Crippen molar-refractivity contribution < 1.29 is 28.5 Å². The van der Waals surface area contributed by atoms with Gasteiger partial charge in [-0.3, -0.25) is 0 Å². The highest BCUT2D eigenvalue weighted by atomic mass is 16.5. The van der Waals surface area contributed by atoms with Crippen molar-refractivity contribution in [3.8, 4) is 11.5 Å². The molecular weight excluding hydrogens is 372 g/mol. The van der Waals surface area contributed by atoms with Crippen LogP contribution in [-0.2, 0) is 19.1 Å². The molecule has 0 aromatic heterocycles. The molecule has 6 heteroatoms. The van der Waals surface area contributed by atoms with E-state index in [0.717, 1.165) is 44.1 Å². The summed E-state index contributed by atoms with van der Waals surface area (Å²) in [5.74, 6) is 0.589. The van der Waals surface area contributed by atoms with Crippen molar-refractivity contribution in [1.82, 2.24) is 0 Å². The molecule has 0 atom stereocenters. The monoisotopic (exact) mass is 404 g/mol. The fourth-order valence-electron chi connectivity index (χ4n) is 2.52. The molecule has 0 aliphatic rings. The molecule has 0 aliphatic heterocycles. The largest absolute Gasteiger partial charge is 0.493 e. The van der Waals surface area contributed by atoms with Gasteiger partial charge in [-0.15, -0.1) is 0 Å². The number of ether oxygens (including phenoxy) is 4. The third kappa shape index (κ3) is 10.4. The molecule has 0 N–H and O–H groups in total. The Morgan fingerprint density at radius 1 is 0.966 bits per heavy atom. The summed E-state index contributed by atoms with van der Waals surface area (Å²) >= 11 is 0. The number of unbranched alkanes of at least 4 members (excludes halogenated alkanes) is 5. The summed E-state index contributed by atoms with van der Waals surface area (Å²) in [6, 6.07) is 5.51. The Morgan fingerprint density at radius 3 is 2.24 bits per heavy atom. The van der Waals surface area contributed by atoms with Gasteiger partial charge >= 0.3 is 11.9 Å². The van der Waals surface area contributed by atoms with Gasteiger partial charge in [-0.1, -0.05) is 38.3 Å². The van der Waals surface area contributed by atoms with Gasteiger partial charge in [0.2, 0.25) is 0 Å². The Morgan fingerprint density at radius 2 is 1.62 bits per heavy atom. The van der Waals surface area contributed by atoms with Gasteiger partial charge < -0.3 is 18.9 Å². The van der Waals surface area contributed by atoms with E-state index in [4.69, 9.17) is 14.2 Å². The molecule has 0 fully saturated rings. The van der Waals surface area contributed by atoms with Gasteiger partial charge in [0.15, 0.2) is 11.5 Å². The standard InChI is InChI=1S/C23H32O6/c1-18(2)23(25)29-16-10-8-6-5-7-9-15-28-20-13-11-19(17-21(20)26-3)12-14-22(24)27-4/h11-14,17H,1,5-10,15-16H2,2-4H3/b14-12+. The van der Waals surface area contributed by atoms with Gasteiger partial charge in [0.1, 0.15) is 0 Å². The van der Waals surface area contributed by atoms with Crippen LogP contribution in [0.4, 0.5) is 0 Å². The third-order valence-corrected chi connectivity index (χ3v) is 4.18. The van der Waals surface area contributed by atoms with Crippen LogP contribution in [0.3, 0.4) is 0 Å². The van der Waals surface area contributed by atoms with Crippen LogP contribution >= 0.6 is 0 Å². The highest BCUT2D eigenvalue weighted by molar-refractivity contribution is 5.87. The zero-order valence-corrected chi connectivity index (χ0v) is 17.7. The number of carbonyl (C=O) groups excluding carboxylic acids is 2. The Balaban J connectivity index is 2.21. The number of hydrogen-bond donors (Lipinski definition) is 0. The van der Waals surface area contributed by atoms with E-state index >= 15 is 0 Å². The zero-order chi connectivity index (χ0) is 21.5. The minimum Gasteiger partial charge on any atom is -0.493 e. The van der Waals surface area contributed by atoms with Crippen LogP contribution in [0.5, 0.6) is 11.5 Å². The van der Waals surface area contributed by atoms with E-state index in [9.17, 15) is 9.59 Å². The molecule has 0 bridgehead atoms. The molecule has 29 heavy (non-hydrogen) atoms. The lowest BCUT2D eigenvalue weighted by Gasteiger charge is -2.11. The number of benzene rings is 1. The van der Waals surface area contributed by atoms with E-state index in [1.807, 2.05) is 18.2 Å². The Bertz CT molecular complexity index is 693. The molecule has 1 rings (SSSR count). The number of carbonyl (C=O) groups is 2. The first kappa shape index (κ1) is 24.3. The lowest BCUT2D eigenvalue weighted by Crippen LogP contribution is -2.06. The highest BCUT2D eigenvalue weighted by Gasteiger charge is 2.05. The van der Waals surface area contributed by atoms with Gasteiger partial charge in [-0.2, -0.15) is 0 Å². The molecule has 0 saturated carbocycles. The molecule has 1 aromatic carbocycles. The highest BCUT2D eigenvalue weighted by Crippen LogP contribution is 2.28. The summed E-state index contributed by atoms with van der Waals surface area (Å²) in [4.78, 5) is 22.4. The summed E-state index contributed by atoms with van der Waals surface area (Å²) in [5.41, 5.74) is 1.27. The third-order valence-electron chi connectivity index (χ3n) is 4.18. The lowest BCUT2D eigenvalue weighted by atomic mass is 10.1. The van der Waals surface area contributed by atoms with E-state index in [-0.39, 0.29) is 5.97 Å². The van der Waals surface area contributed by atoms with Crippen molar-refractivity contribution in [3.05, 3.63) is 42.0 Å². The second kappa shape index (κ2) is 14.3. The van der Waals surface area contributed by atoms with E-state index in [2.05, 4.69) is 11.3 Å².